The molecule has 0 radical (unpaired) electrons. The largest absolute Gasteiger partial charge is 0.350 e. The number of para-hydroxylation sites is 1. The quantitative estimate of drug-likeness (QED) is 0.506. The van der Waals surface area contributed by atoms with E-state index in [-0.39, 0.29) is 11.6 Å². The van der Waals surface area contributed by atoms with Gasteiger partial charge in [-0.1, -0.05) is 18.2 Å². The van der Waals surface area contributed by atoms with Crippen molar-refractivity contribution in [2.75, 3.05) is 6.54 Å². The highest BCUT2D eigenvalue weighted by Crippen LogP contribution is 2.39. The van der Waals surface area contributed by atoms with Gasteiger partial charge in [0, 0.05) is 36.1 Å². The van der Waals surface area contributed by atoms with Crippen molar-refractivity contribution in [2.45, 2.75) is 25.3 Å². The normalized spacial score (nSPS) is 13.3. The van der Waals surface area contributed by atoms with Crippen molar-refractivity contribution in [1.29, 1.82) is 0 Å². The van der Waals surface area contributed by atoms with Gasteiger partial charge in [0.1, 0.15) is 5.82 Å². The molecule has 7 heteroatoms. The van der Waals surface area contributed by atoms with Gasteiger partial charge in [0.05, 0.1) is 12.2 Å². The summed E-state index contributed by atoms with van der Waals surface area (Å²) in [5.74, 6) is 0.975. The molecular formula is C24H23N5O2. The maximum atomic E-state index is 13.0. The zero-order valence-electron chi connectivity index (χ0n) is 17.0. The van der Waals surface area contributed by atoms with E-state index < -0.39 is 0 Å². The molecule has 2 aromatic heterocycles. The molecule has 0 unspecified atom stereocenters. The van der Waals surface area contributed by atoms with Gasteiger partial charge in [-0.2, -0.15) is 5.10 Å². The number of hydrogen-bond donors (Lipinski definition) is 1. The van der Waals surface area contributed by atoms with Gasteiger partial charge in [-0.15, -0.1) is 0 Å². The number of nitrogens with zero attached hydrogens (tertiary/aromatic N) is 4. The summed E-state index contributed by atoms with van der Waals surface area (Å²) in [4.78, 5) is 25.5. The number of rotatable bonds is 7. The molecule has 0 atom stereocenters. The van der Waals surface area contributed by atoms with Crippen LogP contribution in [0.3, 0.4) is 0 Å². The Morgan fingerprint density at radius 3 is 2.32 bits per heavy atom. The molecular weight excluding hydrogens is 390 g/mol. The van der Waals surface area contributed by atoms with Crippen molar-refractivity contribution in [1.82, 2.24) is 24.2 Å². The van der Waals surface area contributed by atoms with Crippen LogP contribution >= 0.6 is 0 Å². The van der Waals surface area contributed by atoms with Crippen molar-refractivity contribution >= 4 is 5.91 Å². The molecule has 0 saturated heterocycles. The van der Waals surface area contributed by atoms with Crippen LogP contribution in [0.1, 0.15) is 34.9 Å². The maximum absolute atomic E-state index is 13.0. The third-order valence-electron chi connectivity index (χ3n) is 5.46. The van der Waals surface area contributed by atoms with Crippen molar-refractivity contribution in [2.24, 2.45) is 0 Å². The SMILES string of the molecule is O=C(NCCn1nc(C2CC2)n(-c2ccccc2)c1=O)c1ccc(-n2cccc2)cc1. The van der Waals surface area contributed by atoms with Crippen LogP contribution in [0.15, 0.2) is 83.9 Å². The van der Waals surface area contributed by atoms with Gasteiger partial charge in [-0.3, -0.25) is 4.79 Å². The van der Waals surface area contributed by atoms with Crippen molar-refractivity contribution in [3.8, 4) is 11.4 Å². The van der Waals surface area contributed by atoms with Gasteiger partial charge in [0.2, 0.25) is 0 Å². The molecule has 2 aromatic carbocycles. The molecule has 2 heterocycles. The Kier molecular flexibility index (Phi) is 5.00. The lowest BCUT2D eigenvalue weighted by Crippen LogP contribution is -2.32. The van der Waals surface area contributed by atoms with E-state index in [2.05, 4.69) is 10.4 Å². The van der Waals surface area contributed by atoms with Crippen LogP contribution in [0, 0.1) is 0 Å². The summed E-state index contributed by atoms with van der Waals surface area (Å²) < 4.78 is 5.13. The summed E-state index contributed by atoms with van der Waals surface area (Å²) in [6, 6.07) is 20.9. The zero-order valence-corrected chi connectivity index (χ0v) is 17.0. The molecule has 7 nitrogen and oxygen atoms in total. The number of carbonyl (C=O) groups excluding carboxylic acids is 1. The van der Waals surface area contributed by atoms with Crippen molar-refractivity contribution < 1.29 is 4.79 Å². The van der Waals surface area contributed by atoms with E-state index in [0.29, 0.717) is 24.6 Å². The smallest absolute Gasteiger partial charge is 0.350 e. The molecule has 4 aromatic rings. The van der Waals surface area contributed by atoms with E-state index in [9.17, 15) is 9.59 Å². The summed E-state index contributed by atoms with van der Waals surface area (Å²) in [5.41, 5.74) is 2.23. The average molecular weight is 413 g/mol. The second-order valence-corrected chi connectivity index (χ2v) is 7.70. The number of nitrogens with one attached hydrogen (secondary N) is 1. The molecule has 0 bridgehead atoms. The Morgan fingerprint density at radius 1 is 0.935 bits per heavy atom. The van der Waals surface area contributed by atoms with E-state index in [1.165, 1.54) is 4.68 Å². The number of hydrogen-bond acceptors (Lipinski definition) is 3. The number of amides is 1. The number of carbonyl (C=O) groups is 1. The highest BCUT2D eigenvalue weighted by molar-refractivity contribution is 5.94. The molecule has 156 valence electrons. The summed E-state index contributed by atoms with van der Waals surface area (Å²) in [6.45, 7) is 0.652. The van der Waals surface area contributed by atoms with E-state index >= 15 is 0 Å². The molecule has 0 aliphatic heterocycles. The molecule has 1 amide bonds. The van der Waals surface area contributed by atoms with E-state index in [1.54, 1.807) is 16.7 Å². The van der Waals surface area contributed by atoms with Crippen LogP contribution in [0.25, 0.3) is 11.4 Å². The first-order valence-electron chi connectivity index (χ1n) is 10.5. The Morgan fingerprint density at radius 2 is 1.65 bits per heavy atom. The highest BCUT2D eigenvalue weighted by Gasteiger charge is 2.31. The molecule has 1 aliphatic carbocycles. The number of benzene rings is 2. The van der Waals surface area contributed by atoms with Gasteiger partial charge in [0.25, 0.3) is 5.91 Å². The predicted octanol–water partition coefficient (Wildman–Crippen LogP) is 3.13. The molecule has 5 rings (SSSR count). The first-order valence-corrected chi connectivity index (χ1v) is 10.5. The van der Waals surface area contributed by atoms with Crippen LogP contribution in [-0.4, -0.2) is 31.4 Å². The molecule has 1 aliphatic rings. The molecule has 0 spiro atoms. The lowest BCUT2D eigenvalue weighted by Gasteiger charge is -2.07. The maximum Gasteiger partial charge on any atom is 0.350 e. The van der Waals surface area contributed by atoms with E-state index in [0.717, 1.165) is 30.0 Å². The van der Waals surface area contributed by atoms with Crippen LogP contribution in [0.5, 0.6) is 0 Å². The zero-order chi connectivity index (χ0) is 21.2. The van der Waals surface area contributed by atoms with Gasteiger partial charge in [0.15, 0.2) is 0 Å². The first kappa shape index (κ1) is 19.1. The summed E-state index contributed by atoms with van der Waals surface area (Å²) in [5, 5.41) is 7.46. The summed E-state index contributed by atoms with van der Waals surface area (Å²) in [6.07, 6.45) is 6.02. The highest BCUT2D eigenvalue weighted by atomic mass is 16.2. The third-order valence-corrected chi connectivity index (χ3v) is 5.46. The second-order valence-electron chi connectivity index (χ2n) is 7.70. The Balaban J connectivity index is 1.26. The van der Waals surface area contributed by atoms with Gasteiger partial charge in [-0.05, 0) is 61.4 Å². The predicted molar refractivity (Wildman–Crippen MR) is 118 cm³/mol. The van der Waals surface area contributed by atoms with Crippen molar-refractivity contribution in [3.05, 3.63) is 101 Å². The van der Waals surface area contributed by atoms with E-state index in [4.69, 9.17) is 0 Å². The lowest BCUT2D eigenvalue weighted by molar-refractivity contribution is 0.0952. The fourth-order valence-corrected chi connectivity index (χ4v) is 3.66. The average Bonchev–Trinajstić information content (AvgIpc) is 3.40. The fraction of sp³-hybridized carbons (Fsp3) is 0.208. The Labute approximate surface area is 179 Å². The van der Waals surface area contributed by atoms with Gasteiger partial charge in [-0.25, -0.2) is 14.0 Å². The minimum absolute atomic E-state index is 0.168. The minimum Gasteiger partial charge on any atom is -0.350 e. The second kappa shape index (κ2) is 8.10. The first-order chi connectivity index (χ1) is 15.2. The standard InChI is InChI=1S/C24H23N5O2/c30-23(19-10-12-20(13-11-19)27-15-4-5-16-27)25-14-17-28-24(31)29(21-6-2-1-3-7-21)22(26-28)18-8-9-18/h1-7,10-13,15-16,18H,8-9,14,17H2,(H,25,30). The molecule has 31 heavy (non-hydrogen) atoms. The fourth-order valence-electron chi connectivity index (χ4n) is 3.66. The molecule has 1 saturated carbocycles. The van der Waals surface area contributed by atoms with Crippen molar-refractivity contribution in [3.63, 3.8) is 0 Å². The van der Waals surface area contributed by atoms with Crippen LogP contribution < -0.4 is 11.0 Å². The minimum atomic E-state index is -0.169. The lowest BCUT2D eigenvalue weighted by atomic mass is 10.2. The molecule has 1 N–H and O–H groups in total. The number of aromatic nitrogens is 4. The topological polar surface area (TPSA) is 73.8 Å². The van der Waals surface area contributed by atoms with Crippen LogP contribution in [0.2, 0.25) is 0 Å². The van der Waals surface area contributed by atoms with Gasteiger partial charge >= 0.3 is 5.69 Å². The Hall–Kier alpha value is -3.87. The monoisotopic (exact) mass is 413 g/mol. The summed E-state index contributed by atoms with van der Waals surface area (Å²) >= 11 is 0. The summed E-state index contributed by atoms with van der Waals surface area (Å²) in [7, 11) is 0. The molecule has 1 fully saturated rings. The van der Waals surface area contributed by atoms with Crippen LogP contribution in [-0.2, 0) is 6.54 Å². The Bertz CT molecular complexity index is 1230. The van der Waals surface area contributed by atoms with E-state index in [1.807, 2.05) is 71.6 Å². The third kappa shape index (κ3) is 3.94. The van der Waals surface area contributed by atoms with Gasteiger partial charge < -0.3 is 9.88 Å². The van der Waals surface area contributed by atoms with Crippen LogP contribution in [0.4, 0.5) is 0 Å².